The van der Waals surface area contributed by atoms with Gasteiger partial charge in [-0.25, -0.2) is 0 Å². The molecule has 1 aromatic heterocycles. The van der Waals surface area contributed by atoms with E-state index in [0.717, 1.165) is 27.6 Å². The van der Waals surface area contributed by atoms with Gasteiger partial charge in [0.1, 0.15) is 12.4 Å². The maximum absolute atomic E-state index is 11.3. The van der Waals surface area contributed by atoms with E-state index in [1.54, 1.807) is 6.07 Å². The van der Waals surface area contributed by atoms with Crippen molar-refractivity contribution < 1.29 is 9.66 Å². The highest BCUT2D eigenvalue weighted by atomic mass is 16.6. The van der Waals surface area contributed by atoms with Crippen molar-refractivity contribution in [3.8, 4) is 11.8 Å². The maximum Gasteiger partial charge on any atom is 0.214 e. The van der Waals surface area contributed by atoms with Crippen LogP contribution in [-0.4, -0.2) is 16.5 Å². The number of nitrogens with zero attached hydrogens (tertiary/aromatic N) is 2. The molecule has 0 aliphatic rings. The predicted octanol–water partition coefficient (Wildman–Crippen LogP) is 5.03. The highest BCUT2D eigenvalue weighted by Gasteiger charge is 2.23. The summed E-state index contributed by atoms with van der Waals surface area (Å²) in [4.78, 5) is 14.3. The second-order valence-corrected chi connectivity index (χ2v) is 6.98. The number of ether oxygens (including phenoxy) is 1. The molecule has 4 aromatic rings. The Morgan fingerprint density at radius 2 is 1.77 bits per heavy atom. The number of hydrogen-bond donors (Lipinski definition) is 1. The van der Waals surface area contributed by atoms with Gasteiger partial charge in [0.05, 0.1) is 17.6 Å². The molecule has 0 saturated heterocycles. The molecule has 148 valence electrons. The zero-order valence-corrected chi connectivity index (χ0v) is 16.1. The second-order valence-electron chi connectivity index (χ2n) is 6.98. The third-order valence-corrected chi connectivity index (χ3v) is 5.14. The molecule has 1 N–H and O–H groups in total. The Kier molecular flexibility index (Phi) is 5.44. The van der Waals surface area contributed by atoms with Crippen LogP contribution in [0.2, 0.25) is 0 Å². The minimum Gasteiger partial charge on any atom is -0.489 e. The van der Waals surface area contributed by atoms with E-state index < -0.39 is 0 Å². The summed E-state index contributed by atoms with van der Waals surface area (Å²) in [7, 11) is 0. The highest BCUT2D eigenvalue weighted by Crippen LogP contribution is 2.32. The lowest BCUT2D eigenvalue weighted by Gasteiger charge is -2.14. The van der Waals surface area contributed by atoms with Crippen molar-refractivity contribution in [1.29, 1.82) is 5.26 Å². The third kappa shape index (κ3) is 4.01. The first kappa shape index (κ1) is 19.2. The minimum absolute atomic E-state index is 0.197. The summed E-state index contributed by atoms with van der Waals surface area (Å²) in [6.45, 7) is 0.0848. The molecule has 0 aliphatic heterocycles. The number of para-hydroxylation sites is 1. The molecule has 0 radical (unpaired) electrons. The van der Waals surface area contributed by atoms with Crippen molar-refractivity contribution in [1.82, 2.24) is 4.98 Å². The van der Waals surface area contributed by atoms with Gasteiger partial charge in [-0.15, -0.1) is 0 Å². The van der Waals surface area contributed by atoms with Crippen LogP contribution in [0.4, 0.5) is 0 Å². The second kappa shape index (κ2) is 8.50. The van der Waals surface area contributed by atoms with Gasteiger partial charge in [-0.3, -0.25) is 10.1 Å². The fraction of sp³-hybridized carbons (Fsp3) is 0.125. The van der Waals surface area contributed by atoms with E-state index in [2.05, 4.69) is 11.1 Å². The van der Waals surface area contributed by atoms with Crippen LogP contribution in [0.5, 0.6) is 5.75 Å². The van der Waals surface area contributed by atoms with E-state index in [1.165, 1.54) is 0 Å². The molecule has 0 amide bonds. The summed E-state index contributed by atoms with van der Waals surface area (Å²) in [5.74, 6) is 0.273. The summed E-state index contributed by atoms with van der Waals surface area (Å²) < 4.78 is 5.82. The Labute approximate surface area is 173 Å². The van der Waals surface area contributed by atoms with E-state index in [0.29, 0.717) is 11.3 Å². The Morgan fingerprint density at radius 1 is 1.03 bits per heavy atom. The van der Waals surface area contributed by atoms with Gasteiger partial charge in [-0.2, -0.15) is 5.26 Å². The first-order valence-corrected chi connectivity index (χ1v) is 9.54. The average molecular weight is 397 g/mol. The Bertz CT molecular complexity index is 1220. The van der Waals surface area contributed by atoms with Crippen molar-refractivity contribution in [2.45, 2.75) is 12.5 Å². The number of aromatic amines is 1. The number of fused-ring (bicyclic) bond motifs is 1. The van der Waals surface area contributed by atoms with Crippen LogP contribution in [0.25, 0.3) is 10.9 Å². The lowest BCUT2D eigenvalue weighted by molar-refractivity contribution is -0.481. The molecule has 1 heterocycles. The molecule has 0 bridgehead atoms. The van der Waals surface area contributed by atoms with Crippen LogP contribution in [0, 0.1) is 21.4 Å². The van der Waals surface area contributed by atoms with Gasteiger partial charge < -0.3 is 9.72 Å². The number of rotatable bonds is 7. The predicted molar refractivity (Wildman–Crippen MR) is 114 cm³/mol. The Hall–Kier alpha value is -4.11. The van der Waals surface area contributed by atoms with Gasteiger partial charge in [0.2, 0.25) is 6.54 Å². The molecule has 4 rings (SSSR count). The number of nitro groups is 1. The largest absolute Gasteiger partial charge is 0.489 e. The van der Waals surface area contributed by atoms with E-state index in [9.17, 15) is 15.4 Å². The van der Waals surface area contributed by atoms with Crippen molar-refractivity contribution in [2.24, 2.45) is 0 Å². The smallest absolute Gasteiger partial charge is 0.214 e. The SMILES string of the molecule is N#Cc1ccccc1COc1ccc([C@@H](C[N+](=O)[O-])c2c[nH]c3ccccc23)cc1. The van der Waals surface area contributed by atoms with Crippen molar-refractivity contribution in [2.75, 3.05) is 6.54 Å². The van der Waals surface area contributed by atoms with Gasteiger partial charge in [0.15, 0.2) is 0 Å². The summed E-state index contributed by atoms with van der Waals surface area (Å²) in [5, 5.41) is 21.5. The van der Waals surface area contributed by atoms with Gasteiger partial charge >= 0.3 is 0 Å². The number of H-pyrrole nitrogens is 1. The molecule has 6 nitrogen and oxygen atoms in total. The van der Waals surface area contributed by atoms with Crippen molar-refractivity contribution in [3.05, 3.63) is 111 Å². The summed E-state index contributed by atoms with van der Waals surface area (Å²) in [5.41, 5.74) is 4.10. The minimum atomic E-state index is -0.371. The standard InChI is InChI=1S/C24H19N3O3/c25-13-18-5-1-2-6-19(18)16-30-20-11-9-17(10-12-20)23(15-27(28)29)22-14-26-24-8-4-3-7-21(22)24/h1-12,14,23,26H,15-16H2/t23-/m1/s1. The molecule has 0 saturated carbocycles. The molecular formula is C24H19N3O3. The molecule has 30 heavy (non-hydrogen) atoms. The van der Waals surface area contributed by atoms with Crippen LogP contribution in [-0.2, 0) is 6.61 Å². The summed E-state index contributed by atoms with van der Waals surface area (Å²) in [6, 6.07) is 24.6. The van der Waals surface area contributed by atoms with E-state index in [-0.39, 0.29) is 24.0 Å². The summed E-state index contributed by atoms with van der Waals surface area (Å²) >= 11 is 0. The topological polar surface area (TPSA) is 91.9 Å². The first-order valence-electron chi connectivity index (χ1n) is 9.54. The molecular weight excluding hydrogens is 378 g/mol. The molecule has 6 heteroatoms. The normalized spacial score (nSPS) is 11.7. The molecule has 0 spiro atoms. The molecule has 1 atom stereocenters. The monoisotopic (exact) mass is 397 g/mol. The molecule has 3 aromatic carbocycles. The van der Waals surface area contributed by atoms with Gasteiger partial charge in [-0.05, 0) is 35.4 Å². The molecule has 0 fully saturated rings. The van der Waals surface area contributed by atoms with Crippen molar-refractivity contribution >= 4 is 10.9 Å². The average Bonchev–Trinajstić information content (AvgIpc) is 3.20. The Balaban J connectivity index is 1.57. The van der Waals surface area contributed by atoms with Gasteiger partial charge in [0, 0.05) is 27.6 Å². The van der Waals surface area contributed by atoms with E-state index in [4.69, 9.17) is 4.74 Å². The first-order chi connectivity index (χ1) is 14.7. The van der Waals surface area contributed by atoms with Crippen LogP contribution in [0.15, 0.2) is 79.0 Å². The lowest BCUT2D eigenvalue weighted by Crippen LogP contribution is -2.13. The Morgan fingerprint density at radius 3 is 2.53 bits per heavy atom. The molecule has 0 unspecified atom stereocenters. The molecule has 0 aliphatic carbocycles. The van der Waals surface area contributed by atoms with Crippen LogP contribution in [0.1, 0.15) is 28.2 Å². The zero-order chi connectivity index (χ0) is 20.9. The van der Waals surface area contributed by atoms with Crippen LogP contribution in [0.3, 0.4) is 0 Å². The fourth-order valence-corrected chi connectivity index (χ4v) is 3.63. The fourth-order valence-electron chi connectivity index (χ4n) is 3.63. The maximum atomic E-state index is 11.3. The number of aromatic nitrogens is 1. The number of nitriles is 1. The van der Waals surface area contributed by atoms with E-state index in [1.807, 2.05) is 72.9 Å². The van der Waals surface area contributed by atoms with Crippen LogP contribution >= 0.6 is 0 Å². The third-order valence-electron chi connectivity index (χ3n) is 5.14. The number of nitrogens with one attached hydrogen (secondary N) is 1. The quantitative estimate of drug-likeness (QED) is 0.350. The van der Waals surface area contributed by atoms with Gasteiger partial charge in [0.25, 0.3) is 0 Å². The van der Waals surface area contributed by atoms with Crippen molar-refractivity contribution in [3.63, 3.8) is 0 Å². The van der Waals surface area contributed by atoms with Gasteiger partial charge in [-0.1, -0.05) is 48.5 Å². The van der Waals surface area contributed by atoms with Crippen LogP contribution < -0.4 is 4.74 Å². The zero-order valence-electron chi connectivity index (χ0n) is 16.1. The highest BCUT2D eigenvalue weighted by molar-refractivity contribution is 5.84. The van der Waals surface area contributed by atoms with E-state index >= 15 is 0 Å². The lowest BCUT2D eigenvalue weighted by atomic mass is 9.91. The summed E-state index contributed by atoms with van der Waals surface area (Å²) in [6.07, 6.45) is 1.85. The number of benzene rings is 3. The number of hydrogen-bond acceptors (Lipinski definition) is 4.